The van der Waals surface area contributed by atoms with Crippen molar-refractivity contribution in [2.24, 2.45) is 5.10 Å². The second kappa shape index (κ2) is 5.59. The molecule has 3 rings (SSSR count). The molecule has 2 aromatic rings. The Hall–Kier alpha value is -2.53. The molecule has 118 valence electrons. The molecule has 1 aliphatic heterocycles. The van der Waals surface area contributed by atoms with E-state index in [4.69, 9.17) is 21.3 Å². The van der Waals surface area contributed by atoms with Gasteiger partial charge in [-0.2, -0.15) is 10.4 Å². The van der Waals surface area contributed by atoms with Gasteiger partial charge in [-0.1, -0.05) is 11.6 Å². The molecule has 9 heteroatoms. The van der Waals surface area contributed by atoms with E-state index in [1.165, 1.54) is 12.3 Å². The molecule has 0 N–H and O–H groups in total. The van der Waals surface area contributed by atoms with Gasteiger partial charge >= 0.3 is 0 Å². The van der Waals surface area contributed by atoms with Crippen molar-refractivity contribution in [2.45, 2.75) is 12.5 Å². The van der Waals surface area contributed by atoms with Gasteiger partial charge in [0.2, 0.25) is 0 Å². The van der Waals surface area contributed by atoms with E-state index in [1.54, 1.807) is 12.1 Å². The standard InChI is InChI=1S/C14H6ClF4N3O/c15-9-10(16)12(18)14(13(19)11(9)17)22-6(5-20)4-7(21-22)8-2-1-3-23-8/h1-3,6H,4H2. The Morgan fingerprint density at radius 2 is 1.87 bits per heavy atom. The first-order valence-corrected chi connectivity index (χ1v) is 6.65. The zero-order valence-electron chi connectivity index (χ0n) is 11.2. The summed E-state index contributed by atoms with van der Waals surface area (Å²) in [6.07, 6.45) is 1.32. The van der Waals surface area contributed by atoms with Crippen molar-refractivity contribution in [3.8, 4) is 6.07 Å². The first-order valence-electron chi connectivity index (χ1n) is 6.27. The van der Waals surface area contributed by atoms with E-state index < -0.39 is 40.0 Å². The third kappa shape index (κ3) is 2.33. The van der Waals surface area contributed by atoms with E-state index >= 15 is 0 Å². The van der Waals surface area contributed by atoms with Gasteiger partial charge in [-0.3, -0.25) is 0 Å². The number of furan rings is 1. The van der Waals surface area contributed by atoms with E-state index in [-0.39, 0.29) is 17.9 Å². The summed E-state index contributed by atoms with van der Waals surface area (Å²) < 4.78 is 60.3. The molecule has 23 heavy (non-hydrogen) atoms. The number of rotatable bonds is 2. The fraction of sp³-hybridized carbons (Fsp3) is 0.143. The van der Waals surface area contributed by atoms with Crippen LogP contribution in [-0.2, 0) is 0 Å². The molecule has 0 saturated carbocycles. The molecule has 0 spiro atoms. The number of anilines is 1. The van der Waals surface area contributed by atoms with Crippen LogP contribution in [0, 0.1) is 34.6 Å². The molecule has 1 atom stereocenters. The highest BCUT2D eigenvalue weighted by atomic mass is 35.5. The van der Waals surface area contributed by atoms with Crippen LogP contribution in [0.4, 0.5) is 23.2 Å². The third-order valence-corrected chi connectivity index (χ3v) is 3.61. The summed E-state index contributed by atoms with van der Waals surface area (Å²) in [6.45, 7) is 0. The van der Waals surface area contributed by atoms with Gasteiger partial charge in [0.05, 0.1) is 12.3 Å². The minimum absolute atomic E-state index is 0.0330. The lowest BCUT2D eigenvalue weighted by Crippen LogP contribution is -2.27. The molecule has 0 aliphatic carbocycles. The van der Waals surface area contributed by atoms with Crippen LogP contribution in [0.3, 0.4) is 0 Å². The van der Waals surface area contributed by atoms with E-state index in [1.807, 2.05) is 0 Å². The Morgan fingerprint density at radius 3 is 2.39 bits per heavy atom. The monoisotopic (exact) mass is 343 g/mol. The predicted octanol–water partition coefficient (Wildman–Crippen LogP) is 4.00. The van der Waals surface area contributed by atoms with Crippen LogP contribution in [0.1, 0.15) is 12.2 Å². The van der Waals surface area contributed by atoms with Crippen LogP contribution in [0.5, 0.6) is 0 Å². The summed E-state index contributed by atoms with van der Waals surface area (Å²) in [5.74, 6) is -6.67. The molecule has 2 heterocycles. The van der Waals surface area contributed by atoms with E-state index in [9.17, 15) is 17.6 Å². The smallest absolute Gasteiger partial charge is 0.188 e. The number of nitrogens with zero attached hydrogens (tertiary/aromatic N) is 3. The fourth-order valence-corrected chi connectivity index (χ4v) is 2.37. The summed E-state index contributed by atoms with van der Waals surface area (Å²) in [6, 6.07) is 3.71. The lowest BCUT2D eigenvalue weighted by Gasteiger charge is -2.20. The third-order valence-electron chi connectivity index (χ3n) is 3.28. The zero-order chi connectivity index (χ0) is 16.7. The van der Waals surface area contributed by atoms with E-state index in [0.717, 1.165) is 0 Å². The normalized spacial score (nSPS) is 17.3. The zero-order valence-corrected chi connectivity index (χ0v) is 11.9. The second-order valence-corrected chi connectivity index (χ2v) is 5.01. The molecule has 4 nitrogen and oxygen atoms in total. The maximum absolute atomic E-state index is 14.0. The van der Waals surface area contributed by atoms with Crippen molar-refractivity contribution in [3.05, 3.63) is 52.4 Å². The summed E-state index contributed by atoms with van der Waals surface area (Å²) in [5.41, 5.74) is -0.895. The Kier molecular flexibility index (Phi) is 3.74. The van der Waals surface area contributed by atoms with Gasteiger partial charge in [0, 0.05) is 6.42 Å². The van der Waals surface area contributed by atoms with Gasteiger partial charge in [-0.25, -0.2) is 22.6 Å². The van der Waals surface area contributed by atoms with Gasteiger partial charge < -0.3 is 4.42 Å². The molecule has 1 unspecified atom stereocenters. The van der Waals surface area contributed by atoms with E-state index in [2.05, 4.69) is 5.10 Å². The van der Waals surface area contributed by atoms with Crippen LogP contribution in [0.25, 0.3) is 0 Å². The first-order chi connectivity index (χ1) is 11.0. The number of hydrogen-bond acceptors (Lipinski definition) is 4. The van der Waals surface area contributed by atoms with Gasteiger partial charge in [-0.05, 0) is 12.1 Å². The maximum atomic E-state index is 14.0. The van der Waals surface area contributed by atoms with Crippen LogP contribution in [0.2, 0.25) is 5.02 Å². The molecule has 1 aliphatic rings. The van der Waals surface area contributed by atoms with Crippen LogP contribution in [0.15, 0.2) is 27.9 Å². The highest BCUT2D eigenvalue weighted by molar-refractivity contribution is 6.31. The predicted molar refractivity (Wildman–Crippen MR) is 73.0 cm³/mol. The summed E-state index contributed by atoms with van der Waals surface area (Å²) in [5, 5.41) is 12.3. The Labute approximate surface area is 132 Å². The van der Waals surface area contributed by atoms with Crippen molar-refractivity contribution >= 4 is 23.0 Å². The largest absolute Gasteiger partial charge is 0.463 e. The molecule has 1 aromatic heterocycles. The number of benzene rings is 1. The van der Waals surface area contributed by atoms with Crippen LogP contribution < -0.4 is 5.01 Å². The minimum atomic E-state index is -1.75. The van der Waals surface area contributed by atoms with Gasteiger partial charge in [0.25, 0.3) is 0 Å². The van der Waals surface area contributed by atoms with Crippen molar-refractivity contribution in [1.29, 1.82) is 5.26 Å². The number of hydrogen-bond donors (Lipinski definition) is 0. The second-order valence-electron chi connectivity index (χ2n) is 4.64. The summed E-state index contributed by atoms with van der Waals surface area (Å²) >= 11 is 5.18. The van der Waals surface area contributed by atoms with Gasteiger partial charge in [0.15, 0.2) is 23.3 Å². The first kappa shape index (κ1) is 15.4. The minimum Gasteiger partial charge on any atom is -0.463 e. The Bertz CT molecular complexity index is 816. The van der Waals surface area contributed by atoms with Crippen molar-refractivity contribution in [3.63, 3.8) is 0 Å². The number of hydrazone groups is 1. The Morgan fingerprint density at radius 1 is 1.22 bits per heavy atom. The molecule has 0 amide bonds. The van der Waals surface area contributed by atoms with Crippen molar-refractivity contribution in [1.82, 2.24) is 0 Å². The molecule has 0 fully saturated rings. The summed E-state index contributed by atoms with van der Waals surface area (Å²) in [4.78, 5) is 0. The molecule has 0 saturated heterocycles. The van der Waals surface area contributed by atoms with Gasteiger partial charge in [-0.15, -0.1) is 0 Å². The van der Waals surface area contributed by atoms with Crippen LogP contribution >= 0.6 is 11.6 Å². The van der Waals surface area contributed by atoms with E-state index in [0.29, 0.717) is 5.01 Å². The van der Waals surface area contributed by atoms with Crippen LogP contribution in [-0.4, -0.2) is 11.8 Å². The Balaban J connectivity index is 2.16. The number of halogens is 5. The van der Waals surface area contributed by atoms with Crippen molar-refractivity contribution in [2.75, 3.05) is 5.01 Å². The molecule has 0 bridgehead atoms. The average Bonchev–Trinajstić information content (AvgIpc) is 3.20. The molecule has 0 radical (unpaired) electrons. The molecular weight excluding hydrogens is 338 g/mol. The lowest BCUT2D eigenvalue weighted by molar-refractivity contribution is 0.451. The van der Waals surface area contributed by atoms with Crippen molar-refractivity contribution < 1.29 is 22.0 Å². The quantitative estimate of drug-likeness (QED) is 0.470. The summed E-state index contributed by atoms with van der Waals surface area (Å²) in [7, 11) is 0. The topological polar surface area (TPSA) is 52.5 Å². The molecule has 1 aromatic carbocycles. The highest BCUT2D eigenvalue weighted by Crippen LogP contribution is 2.37. The molecular formula is C14H6ClF4N3O. The lowest BCUT2D eigenvalue weighted by atomic mass is 10.1. The fourth-order valence-electron chi connectivity index (χ4n) is 2.20. The maximum Gasteiger partial charge on any atom is 0.188 e. The van der Waals surface area contributed by atoms with Gasteiger partial charge in [0.1, 0.15) is 28.2 Å². The highest BCUT2D eigenvalue weighted by Gasteiger charge is 2.36. The number of nitriles is 1. The average molecular weight is 344 g/mol. The SMILES string of the molecule is N#CC1CC(c2ccco2)=NN1c1c(F)c(F)c(Cl)c(F)c1F.